The van der Waals surface area contributed by atoms with Gasteiger partial charge in [0.25, 0.3) is 0 Å². The summed E-state index contributed by atoms with van der Waals surface area (Å²) in [4.78, 5) is 12.3. The molecule has 130 valence electrons. The van der Waals surface area contributed by atoms with E-state index in [4.69, 9.17) is 4.74 Å². The third kappa shape index (κ3) is 6.40. The molecular formula is C18H29ClN2O2. The standard InChI is InChI=1S/C18H28N2O2.ClH/c1-13(2)12-22-17-8-6-15(7-9-17)14(3)20-18(21)16-5-4-10-19-11-16;/h6-9,13-14,16,19H,4-5,10-12H2,1-3H3,(H,20,21);1H. The molecule has 0 aromatic heterocycles. The summed E-state index contributed by atoms with van der Waals surface area (Å²) in [6.45, 7) is 8.83. The maximum absolute atomic E-state index is 12.3. The molecule has 2 unspecified atom stereocenters. The fourth-order valence-corrected chi connectivity index (χ4v) is 2.61. The van der Waals surface area contributed by atoms with Crippen molar-refractivity contribution in [2.24, 2.45) is 11.8 Å². The maximum atomic E-state index is 12.3. The normalized spacial score (nSPS) is 18.9. The summed E-state index contributed by atoms with van der Waals surface area (Å²) < 4.78 is 5.68. The van der Waals surface area contributed by atoms with E-state index in [9.17, 15) is 4.79 Å². The molecule has 1 aromatic rings. The summed E-state index contributed by atoms with van der Waals surface area (Å²) >= 11 is 0. The van der Waals surface area contributed by atoms with Crippen LogP contribution in [0.4, 0.5) is 0 Å². The average molecular weight is 341 g/mol. The number of hydrogen-bond acceptors (Lipinski definition) is 3. The summed E-state index contributed by atoms with van der Waals surface area (Å²) in [6.07, 6.45) is 2.06. The van der Waals surface area contributed by atoms with E-state index in [0.717, 1.165) is 43.9 Å². The first-order valence-electron chi connectivity index (χ1n) is 8.30. The predicted octanol–water partition coefficient (Wildman–Crippen LogP) is 3.32. The van der Waals surface area contributed by atoms with Crippen molar-refractivity contribution >= 4 is 18.3 Å². The Balaban J connectivity index is 0.00000264. The smallest absolute Gasteiger partial charge is 0.224 e. The molecule has 23 heavy (non-hydrogen) atoms. The lowest BCUT2D eigenvalue weighted by Gasteiger charge is -2.24. The van der Waals surface area contributed by atoms with Gasteiger partial charge in [0, 0.05) is 6.54 Å². The molecule has 0 aliphatic carbocycles. The first kappa shape index (κ1) is 19.8. The number of piperidine rings is 1. The second kappa shape index (κ2) is 9.78. The molecule has 2 N–H and O–H groups in total. The number of carbonyl (C=O) groups excluding carboxylic acids is 1. The van der Waals surface area contributed by atoms with Crippen molar-refractivity contribution in [2.75, 3.05) is 19.7 Å². The summed E-state index contributed by atoms with van der Waals surface area (Å²) in [5.74, 6) is 1.65. The van der Waals surface area contributed by atoms with Crippen LogP contribution in [0.1, 0.15) is 45.2 Å². The minimum Gasteiger partial charge on any atom is -0.493 e. The molecule has 0 bridgehead atoms. The van der Waals surface area contributed by atoms with E-state index < -0.39 is 0 Å². The van der Waals surface area contributed by atoms with Crippen LogP contribution in [-0.2, 0) is 4.79 Å². The molecule has 1 aromatic carbocycles. The third-order valence-electron chi connectivity index (χ3n) is 3.99. The van der Waals surface area contributed by atoms with Crippen LogP contribution in [0.5, 0.6) is 5.75 Å². The van der Waals surface area contributed by atoms with Crippen LogP contribution in [-0.4, -0.2) is 25.6 Å². The van der Waals surface area contributed by atoms with Crippen LogP contribution < -0.4 is 15.4 Å². The molecule has 1 saturated heterocycles. The Labute approximate surface area is 145 Å². The molecule has 5 heteroatoms. The molecule has 4 nitrogen and oxygen atoms in total. The number of carbonyl (C=O) groups is 1. The van der Waals surface area contributed by atoms with Crippen molar-refractivity contribution in [3.05, 3.63) is 29.8 Å². The zero-order valence-corrected chi connectivity index (χ0v) is 15.1. The summed E-state index contributed by atoms with van der Waals surface area (Å²) in [6, 6.07) is 8.03. The minimum atomic E-state index is 0. The van der Waals surface area contributed by atoms with Crippen molar-refractivity contribution in [1.29, 1.82) is 0 Å². The lowest BCUT2D eigenvalue weighted by atomic mass is 9.98. The van der Waals surface area contributed by atoms with Gasteiger partial charge in [-0.05, 0) is 49.9 Å². The number of rotatable bonds is 6. The molecule has 1 aliphatic rings. The number of hydrogen-bond donors (Lipinski definition) is 2. The quantitative estimate of drug-likeness (QED) is 0.835. The van der Waals surface area contributed by atoms with E-state index in [1.807, 2.05) is 31.2 Å². The van der Waals surface area contributed by atoms with Gasteiger partial charge in [0.1, 0.15) is 5.75 Å². The van der Waals surface area contributed by atoms with E-state index in [2.05, 4.69) is 24.5 Å². The Morgan fingerprint density at radius 1 is 1.30 bits per heavy atom. The van der Waals surface area contributed by atoms with E-state index in [1.54, 1.807) is 0 Å². The molecule has 1 fully saturated rings. The van der Waals surface area contributed by atoms with Gasteiger partial charge in [-0.1, -0.05) is 26.0 Å². The SMILES string of the molecule is CC(C)COc1ccc(C(C)NC(=O)C2CCCNC2)cc1.Cl. The molecule has 1 amide bonds. The number of benzene rings is 1. The van der Waals surface area contributed by atoms with E-state index in [-0.39, 0.29) is 30.3 Å². The fraction of sp³-hybridized carbons (Fsp3) is 0.611. The highest BCUT2D eigenvalue weighted by Crippen LogP contribution is 2.19. The topological polar surface area (TPSA) is 50.4 Å². The first-order chi connectivity index (χ1) is 10.6. The second-order valence-corrected chi connectivity index (χ2v) is 6.55. The van der Waals surface area contributed by atoms with Crippen LogP contribution in [0.3, 0.4) is 0 Å². The zero-order valence-electron chi connectivity index (χ0n) is 14.3. The van der Waals surface area contributed by atoms with Crippen LogP contribution in [0.25, 0.3) is 0 Å². The van der Waals surface area contributed by atoms with Crippen molar-refractivity contribution in [2.45, 2.75) is 39.7 Å². The minimum absolute atomic E-state index is 0. The largest absolute Gasteiger partial charge is 0.493 e. The Morgan fingerprint density at radius 3 is 2.57 bits per heavy atom. The van der Waals surface area contributed by atoms with Gasteiger partial charge in [-0.15, -0.1) is 12.4 Å². The van der Waals surface area contributed by atoms with Gasteiger partial charge in [-0.25, -0.2) is 0 Å². The van der Waals surface area contributed by atoms with Gasteiger partial charge in [-0.3, -0.25) is 4.79 Å². The highest BCUT2D eigenvalue weighted by molar-refractivity contribution is 5.85. The molecule has 0 saturated carbocycles. The molecule has 1 aliphatic heterocycles. The molecule has 0 spiro atoms. The Morgan fingerprint density at radius 2 is 2.00 bits per heavy atom. The summed E-state index contributed by atoms with van der Waals surface area (Å²) in [5.41, 5.74) is 1.11. The lowest BCUT2D eigenvalue weighted by Crippen LogP contribution is -2.41. The van der Waals surface area contributed by atoms with Gasteiger partial charge in [0.05, 0.1) is 18.6 Å². The fourth-order valence-electron chi connectivity index (χ4n) is 2.61. The highest BCUT2D eigenvalue weighted by Gasteiger charge is 2.22. The molecule has 1 heterocycles. The van der Waals surface area contributed by atoms with E-state index in [1.165, 1.54) is 0 Å². The monoisotopic (exact) mass is 340 g/mol. The number of halogens is 1. The molecular weight excluding hydrogens is 312 g/mol. The summed E-state index contributed by atoms with van der Waals surface area (Å²) in [5, 5.41) is 6.40. The number of amides is 1. The van der Waals surface area contributed by atoms with Gasteiger partial charge in [-0.2, -0.15) is 0 Å². The zero-order chi connectivity index (χ0) is 15.9. The maximum Gasteiger partial charge on any atom is 0.224 e. The van der Waals surface area contributed by atoms with Crippen molar-refractivity contribution < 1.29 is 9.53 Å². The van der Waals surface area contributed by atoms with Crippen LogP contribution in [0.2, 0.25) is 0 Å². The van der Waals surface area contributed by atoms with Crippen molar-refractivity contribution in [3.8, 4) is 5.75 Å². The molecule has 2 atom stereocenters. The van der Waals surface area contributed by atoms with Crippen LogP contribution in [0.15, 0.2) is 24.3 Å². The van der Waals surface area contributed by atoms with E-state index >= 15 is 0 Å². The van der Waals surface area contributed by atoms with Gasteiger partial charge in [0.15, 0.2) is 0 Å². The van der Waals surface area contributed by atoms with Gasteiger partial charge in [0.2, 0.25) is 5.91 Å². The van der Waals surface area contributed by atoms with Crippen LogP contribution >= 0.6 is 12.4 Å². The Bertz CT molecular complexity index is 470. The Hall–Kier alpha value is -1.26. The van der Waals surface area contributed by atoms with Gasteiger partial charge < -0.3 is 15.4 Å². The number of ether oxygens (including phenoxy) is 1. The second-order valence-electron chi connectivity index (χ2n) is 6.55. The highest BCUT2D eigenvalue weighted by atomic mass is 35.5. The van der Waals surface area contributed by atoms with Crippen LogP contribution in [0, 0.1) is 11.8 Å². The number of nitrogens with one attached hydrogen (secondary N) is 2. The first-order valence-corrected chi connectivity index (χ1v) is 8.30. The predicted molar refractivity (Wildman–Crippen MR) is 96.2 cm³/mol. The molecule has 2 rings (SSSR count). The lowest BCUT2D eigenvalue weighted by molar-refractivity contribution is -0.126. The van der Waals surface area contributed by atoms with Crippen molar-refractivity contribution in [3.63, 3.8) is 0 Å². The van der Waals surface area contributed by atoms with E-state index in [0.29, 0.717) is 5.92 Å². The third-order valence-corrected chi connectivity index (χ3v) is 3.99. The summed E-state index contributed by atoms with van der Waals surface area (Å²) in [7, 11) is 0. The molecule has 0 radical (unpaired) electrons. The van der Waals surface area contributed by atoms with Gasteiger partial charge >= 0.3 is 0 Å². The Kier molecular flexibility index (Phi) is 8.42. The average Bonchev–Trinajstić information content (AvgIpc) is 2.54. The van der Waals surface area contributed by atoms with Crippen molar-refractivity contribution in [1.82, 2.24) is 10.6 Å².